The van der Waals surface area contributed by atoms with Gasteiger partial charge in [-0.2, -0.15) is 9.82 Å². The summed E-state index contributed by atoms with van der Waals surface area (Å²) in [5.41, 5.74) is 6.58. The van der Waals surface area contributed by atoms with E-state index in [1.54, 1.807) is 20.9 Å². The summed E-state index contributed by atoms with van der Waals surface area (Å²) in [7, 11) is -2.16. The van der Waals surface area contributed by atoms with Crippen LogP contribution in [0.4, 0.5) is 0 Å². The van der Waals surface area contributed by atoms with Crippen molar-refractivity contribution < 1.29 is 13.2 Å². The highest BCUT2D eigenvalue weighted by atomic mass is 32.2. The fraction of sp³-hybridized carbons (Fsp3) is 0.733. The molecule has 0 aliphatic heterocycles. The molecule has 1 heterocycles. The predicted molar refractivity (Wildman–Crippen MR) is 93.0 cm³/mol. The third-order valence-electron chi connectivity index (χ3n) is 4.46. The van der Waals surface area contributed by atoms with Gasteiger partial charge in [-0.25, -0.2) is 8.42 Å². The van der Waals surface area contributed by atoms with E-state index in [1.807, 2.05) is 13.8 Å². The maximum absolute atomic E-state index is 12.5. The molecular weight excluding hydrogens is 330 g/mol. The van der Waals surface area contributed by atoms with Crippen LogP contribution >= 0.6 is 0 Å². The van der Waals surface area contributed by atoms with Gasteiger partial charge in [0, 0.05) is 19.1 Å². The second-order valence-electron chi connectivity index (χ2n) is 6.25. The lowest BCUT2D eigenvalue weighted by molar-refractivity contribution is -0.122. The van der Waals surface area contributed by atoms with Gasteiger partial charge in [0.15, 0.2) is 0 Å². The van der Waals surface area contributed by atoms with Crippen molar-refractivity contribution in [3.05, 3.63) is 11.4 Å². The first-order valence-electron chi connectivity index (χ1n) is 8.06. The van der Waals surface area contributed by atoms with Crippen LogP contribution < -0.4 is 15.8 Å². The number of nitrogens with two attached hydrogens (primary N) is 1. The van der Waals surface area contributed by atoms with Crippen molar-refractivity contribution in [3.63, 3.8) is 0 Å². The fourth-order valence-electron chi connectivity index (χ4n) is 2.40. The Morgan fingerprint density at radius 2 is 1.88 bits per heavy atom. The topological polar surface area (TPSA) is 119 Å². The van der Waals surface area contributed by atoms with E-state index in [9.17, 15) is 13.2 Å². The molecule has 1 unspecified atom stereocenters. The number of nitrogens with one attached hydrogen (secondary N) is 2. The van der Waals surface area contributed by atoms with Crippen LogP contribution in [0, 0.1) is 13.8 Å². The number of aryl methyl sites for hydroxylation is 2. The van der Waals surface area contributed by atoms with E-state index in [0.29, 0.717) is 17.9 Å². The SMILES string of the molecule is CCC(N)(CC)CNC(=O)C(C)NS(=O)(=O)c1c(C)nn(C)c1C. The van der Waals surface area contributed by atoms with Crippen LogP contribution in [-0.4, -0.2) is 42.2 Å². The van der Waals surface area contributed by atoms with Crippen molar-refractivity contribution in [2.45, 2.75) is 63.9 Å². The van der Waals surface area contributed by atoms with Crippen molar-refractivity contribution >= 4 is 15.9 Å². The highest BCUT2D eigenvalue weighted by Crippen LogP contribution is 2.18. The Morgan fingerprint density at radius 1 is 1.33 bits per heavy atom. The number of hydrogen-bond donors (Lipinski definition) is 3. The van der Waals surface area contributed by atoms with Gasteiger partial charge in [0.25, 0.3) is 0 Å². The number of sulfonamides is 1. The first-order chi connectivity index (χ1) is 11.0. The van der Waals surface area contributed by atoms with E-state index in [4.69, 9.17) is 5.73 Å². The minimum Gasteiger partial charge on any atom is -0.353 e. The summed E-state index contributed by atoms with van der Waals surface area (Å²) in [5.74, 6) is -0.408. The average Bonchev–Trinajstić information content (AvgIpc) is 2.77. The smallest absolute Gasteiger partial charge is 0.244 e. The molecule has 0 aliphatic rings. The van der Waals surface area contributed by atoms with Gasteiger partial charge in [-0.05, 0) is 33.6 Å². The molecule has 138 valence electrons. The average molecular weight is 359 g/mol. The predicted octanol–water partition coefficient (Wildman–Crippen LogP) is 0.337. The molecule has 8 nitrogen and oxygen atoms in total. The lowest BCUT2D eigenvalue weighted by Gasteiger charge is -2.27. The lowest BCUT2D eigenvalue weighted by Crippen LogP contribution is -2.53. The van der Waals surface area contributed by atoms with E-state index in [0.717, 1.165) is 12.8 Å². The molecule has 0 aliphatic carbocycles. The van der Waals surface area contributed by atoms with Gasteiger partial charge in [-0.3, -0.25) is 9.48 Å². The zero-order chi connectivity index (χ0) is 18.7. The molecule has 9 heteroatoms. The Hall–Kier alpha value is -1.45. The molecule has 1 aromatic rings. The first kappa shape index (κ1) is 20.6. The molecule has 0 saturated heterocycles. The summed E-state index contributed by atoms with van der Waals surface area (Å²) >= 11 is 0. The molecule has 1 aromatic heterocycles. The Bertz CT molecular complexity index is 692. The molecule has 0 radical (unpaired) electrons. The highest BCUT2D eigenvalue weighted by molar-refractivity contribution is 7.89. The maximum Gasteiger partial charge on any atom is 0.244 e. The van der Waals surface area contributed by atoms with E-state index in [1.165, 1.54) is 11.6 Å². The van der Waals surface area contributed by atoms with Crippen LogP contribution in [0.25, 0.3) is 0 Å². The highest BCUT2D eigenvalue weighted by Gasteiger charge is 2.28. The minimum absolute atomic E-state index is 0.111. The van der Waals surface area contributed by atoms with Gasteiger partial charge >= 0.3 is 0 Å². The first-order valence-corrected chi connectivity index (χ1v) is 9.55. The van der Waals surface area contributed by atoms with Crippen LogP contribution in [0.2, 0.25) is 0 Å². The van der Waals surface area contributed by atoms with Gasteiger partial charge in [0.2, 0.25) is 15.9 Å². The number of hydrogen-bond acceptors (Lipinski definition) is 5. The normalized spacial score (nSPS) is 13.8. The Labute approximate surface area is 144 Å². The third-order valence-corrected chi connectivity index (χ3v) is 6.25. The summed E-state index contributed by atoms with van der Waals surface area (Å²) in [4.78, 5) is 12.3. The Morgan fingerprint density at radius 3 is 2.29 bits per heavy atom. The number of rotatable bonds is 8. The second kappa shape index (κ2) is 7.62. The molecule has 0 saturated carbocycles. The molecule has 1 atom stereocenters. The molecule has 0 aromatic carbocycles. The largest absolute Gasteiger partial charge is 0.353 e. The monoisotopic (exact) mass is 359 g/mol. The molecule has 1 rings (SSSR count). The standard InChI is InChI=1S/C15H29N5O3S/c1-7-15(16,8-2)9-17-14(21)11(4)19-24(22,23)13-10(3)18-20(6)12(13)5/h11,19H,7-9,16H2,1-6H3,(H,17,21). The van der Waals surface area contributed by atoms with Gasteiger partial charge in [0.1, 0.15) is 4.90 Å². The van der Waals surface area contributed by atoms with Crippen molar-refractivity contribution in [2.24, 2.45) is 12.8 Å². The quantitative estimate of drug-likeness (QED) is 0.618. The second-order valence-corrected chi connectivity index (χ2v) is 7.90. The number of aromatic nitrogens is 2. The van der Waals surface area contributed by atoms with E-state index < -0.39 is 27.5 Å². The maximum atomic E-state index is 12.5. The van der Waals surface area contributed by atoms with E-state index in [-0.39, 0.29) is 4.90 Å². The van der Waals surface area contributed by atoms with Crippen molar-refractivity contribution in [1.29, 1.82) is 0 Å². The van der Waals surface area contributed by atoms with Crippen molar-refractivity contribution in [2.75, 3.05) is 6.54 Å². The van der Waals surface area contributed by atoms with Crippen LogP contribution in [0.5, 0.6) is 0 Å². The third kappa shape index (κ3) is 4.55. The fourth-order valence-corrected chi connectivity index (χ4v) is 4.05. The van der Waals surface area contributed by atoms with Crippen LogP contribution in [0.1, 0.15) is 45.0 Å². The van der Waals surface area contributed by atoms with Gasteiger partial charge in [-0.15, -0.1) is 0 Å². The number of nitrogens with zero attached hydrogens (tertiary/aromatic N) is 2. The summed E-state index contributed by atoms with van der Waals surface area (Å²) in [6.45, 7) is 9.01. The molecule has 0 bridgehead atoms. The molecule has 0 spiro atoms. The van der Waals surface area contributed by atoms with Crippen LogP contribution in [-0.2, 0) is 21.9 Å². The lowest BCUT2D eigenvalue weighted by atomic mass is 9.94. The number of carbonyl (C=O) groups excluding carboxylic acids is 1. The summed E-state index contributed by atoms with van der Waals surface area (Å²) < 4.78 is 29.0. The minimum atomic E-state index is -3.84. The van der Waals surface area contributed by atoms with Crippen LogP contribution in [0.3, 0.4) is 0 Å². The zero-order valence-electron chi connectivity index (χ0n) is 15.3. The molecule has 0 fully saturated rings. The van der Waals surface area contributed by atoms with E-state index >= 15 is 0 Å². The molecule has 24 heavy (non-hydrogen) atoms. The zero-order valence-corrected chi connectivity index (χ0v) is 16.1. The molecular formula is C15H29N5O3S. The van der Waals surface area contributed by atoms with Gasteiger partial charge in [-0.1, -0.05) is 13.8 Å². The van der Waals surface area contributed by atoms with Gasteiger partial charge < -0.3 is 11.1 Å². The molecule has 1 amide bonds. The Balaban J connectivity index is 2.82. The number of carbonyl (C=O) groups is 1. The van der Waals surface area contributed by atoms with Crippen LogP contribution in [0.15, 0.2) is 4.90 Å². The molecule has 4 N–H and O–H groups in total. The van der Waals surface area contributed by atoms with Crippen molar-refractivity contribution in [1.82, 2.24) is 19.8 Å². The summed E-state index contributed by atoms with van der Waals surface area (Å²) in [5, 5.41) is 6.82. The summed E-state index contributed by atoms with van der Waals surface area (Å²) in [6.07, 6.45) is 1.44. The summed E-state index contributed by atoms with van der Waals surface area (Å²) in [6, 6.07) is -0.910. The van der Waals surface area contributed by atoms with Crippen molar-refractivity contribution in [3.8, 4) is 0 Å². The van der Waals surface area contributed by atoms with E-state index in [2.05, 4.69) is 15.1 Å². The number of amides is 1. The van der Waals surface area contributed by atoms with Gasteiger partial charge in [0.05, 0.1) is 17.4 Å². The Kier molecular flexibility index (Phi) is 6.54.